The van der Waals surface area contributed by atoms with Gasteiger partial charge in [0.25, 0.3) is 0 Å². The minimum atomic E-state index is -0.693. The third kappa shape index (κ3) is 3.63. The lowest BCUT2D eigenvalue weighted by Gasteiger charge is -2.10. The molecule has 140 valence electrons. The van der Waals surface area contributed by atoms with E-state index in [1.807, 2.05) is 6.07 Å². The molecule has 2 aromatic heterocycles. The number of amides is 1. The molecule has 2 aromatic carbocycles. The Morgan fingerprint density at radius 3 is 2.64 bits per heavy atom. The first-order valence-electron chi connectivity index (χ1n) is 8.29. The minimum absolute atomic E-state index is 0.215. The van der Waals surface area contributed by atoms with Gasteiger partial charge in [-0.2, -0.15) is 0 Å². The third-order valence-corrected chi connectivity index (χ3v) is 4.51. The van der Waals surface area contributed by atoms with Crippen molar-refractivity contribution in [3.63, 3.8) is 0 Å². The highest BCUT2D eigenvalue weighted by atomic mass is 79.9. The van der Waals surface area contributed by atoms with E-state index in [-0.39, 0.29) is 11.5 Å². The maximum atomic E-state index is 14.3. The summed E-state index contributed by atoms with van der Waals surface area (Å²) in [5.41, 5.74) is 3.04. The molecule has 0 saturated heterocycles. The van der Waals surface area contributed by atoms with Crippen molar-refractivity contribution < 1.29 is 13.6 Å². The number of anilines is 1. The summed E-state index contributed by atoms with van der Waals surface area (Å²) >= 11 is 3.36. The van der Waals surface area contributed by atoms with Crippen LogP contribution in [0.3, 0.4) is 0 Å². The lowest BCUT2D eigenvalue weighted by molar-refractivity contribution is -0.114. The Balaban J connectivity index is 1.89. The summed E-state index contributed by atoms with van der Waals surface area (Å²) in [6.45, 7) is 1.38. The number of pyridine rings is 1. The van der Waals surface area contributed by atoms with Gasteiger partial charge in [-0.25, -0.2) is 18.7 Å². The van der Waals surface area contributed by atoms with Crippen LogP contribution in [-0.2, 0) is 4.79 Å². The molecule has 4 aromatic rings. The smallest absolute Gasteiger partial charge is 0.221 e. The number of halogens is 3. The molecule has 0 bridgehead atoms. The van der Waals surface area contributed by atoms with E-state index in [9.17, 15) is 13.6 Å². The third-order valence-electron chi connectivity index (χ3n) is 4.07. The molecule has 0 aliphatic rings. The van der Waals surface area contributed by atoms with Gasteiger partial charge in [0.05, 0.1) is 5.52 Å². The first-order chi connectivity index (χ1) is 13.4. The maximum Gasteiger partial charge on any atom is 0.221 e. The number of H-pyrrole nitrogens is 1. The number of nitrogens with one attached hydrogen (secondary N) is 2. The van der Waals surface area contributed by atoms with Crippen molar-refractivity contribution >= 4 is 38.7 Å². The van der Waals surface area contributed by atoms with E-state index in [1.54, 1.807) is 24.4 Å². The number of aromatic amines is 1. The molecule has 0 spiro atoms. The monoisotopic (exact) mass is 442 g/mol. The lowest BCUT2D eigenvalue weighted by Crippen LogP contribution is -2.06. The van der Waals surface area contributed by atoms with Crippen molar-refractivity contribution in [1.29, 1.82) is 0 Å². The van der Waals surface area contributed by atoms with Crippen LogP contribution in [0.4, 0.5) is 14.5 Å². The summed E-state index contributed by atoms with van der Waals surface area (Å²) in [5, 5.41) is 2.70. The molecule has 8 heteroatoms. The molecule has 0 aliphatic heterocycles. The van der Waals surface area contributed by atoms with Crippen molar-refractivity contribution in [1.82, 2.24) is 15.0 Å². The first kappa shape index (κ1) is 18.2. The van der Waals surface area contributed by atoms with Crippen molar-refractivity contribution in [2.45, 2.75) is 6.92 Å². The predicted octanol–water partition coefficient (Wildman–Crippen LogP) is 5.29. The molecule has 28 heavy (non-hydrogen) atoms. The fourth-order valence-corrected chi connectivity index (χ4v) is 3.26. The van der Waals surface area contributed by atoms with Crippen molar-refractivity contribution in [3.05, 3.63) is 64.8 Å². The standard InChI is InChI=1S/C20H13BrF2N4O/c1-10(28)25-15-5-11(16-3-2-14(22)8-17(16)23)4-12(6-15)19-26-18-7-13(21)9-24-20(18)27-19/h2-9H,1H3,(H,25,28)(H,24,26,27). The molecule has 5 nitrogen and oxygen atoms in total. The van der Waals surface area contributed by atoms with Crippen LogP contribution in [0.2, 0.25) is 0 Å². The molecule has 0 saturated carbocycles. The van der Waals surface area contributed by atoms with Gasteiger partial charge < -0.3 is 10.3 Å². The van der Waals surface area contributed by atoms with Gasteiger partial charge in [-0.1, -0.05) is 0 Å². The Morgan fingerprint density at radius 1 is 1.11 bits per heavy atom. The van der Waals surface area contributed by atoms with Gasteiger partial charge in [0.1, 0.15) is 17.5 Å². The molecule has 0 atom stereocenters. The van der Waals surface area contributed by atoms with Crippen LogP contribution in [-0.4, -0.2) is 20.9 Å². The van der Waals surface area contributed by atoms with Crippen LogP contribution in [0.15, 0.2) is 53.1 Å². The number of hydrogen-bond acceptors (Lipinski definition) is 3. The molecular weight excluding hydrogens is 430 g/mol. The fraction of sp³-hybridized carbons (Fsp3) is 0.0500. The summed E-state index contributed by atoms with van der Waals surface area (Å²) in [7, 11) is 0. The number of fused-ring (bicyclic) bond motifs is 1. The van der Waals surface area contributed by atoms with E-state index >= 15 is 0 Å². The molecular formula is C20H13BrF2N4O. The number of carbonyl (C=O) groups is 1. The summed E-state index contributed by atoms with van der Waals surface area (Å²) < 4.78 is 28.4. The molecule has 0 radical (unpaired) electrons. The number of hydrogen-bond donors (Lipinski definition) is 2. The van der Waals surface area contributed by atoms with Gasteiger partial charge in [-0.05, 0) is 57.9 Å². The zero-order valence-electron chi connectivity index (χ0n) is 14.6. The second kappa shape index (κ2) is 7.12. The average Bonchev–Trinajstić information content (AvgIpc) is 3.04. The fourth-order valence-electron chi connectivity index (χ4n) is 2.93. The van der Waals surface area contributed by atoms with Gasteiger partial charge in [-0.3, -0.25) is 4.79 Å². The lowest BCUT2D eigenvalue weighted by atomic mass is 10.0. The Labute approximate surface area is 167 Å². The van der Waals surface area contributed by atoms with E-state index in [0.29, 0.717) is 28.3 Å². The van der Waals surface area contributed by atoms with Crippen molar-refractivity contribution in [2.24, 2.45) is 0 Å². The van der Waals surface area contributed by atoms with Gasteiger partial charge in [-0.15, -0.1) is 0 Å². The van der Waals surface area contributed by atoms with Gasteiger partial charge in [0.15, 0.2) is 5.65 Å². The highest BCUT2D eigenvalue weighted by Crippen LogP contribution is 2.32. The van der Waals surface area contributed by atoms with Crippen LogP contribution in [0.5, 0.6) is 0 Å². The Morgan fingerprint density at radius 2 is 1.89 bits per heavy atom. The molecule has 2 heterocycles. The Bertz CT molecular complexity index is 1220. The van der Waals surface area contributed by atoms with E-state index in [4.69, 9.17) is 0 Å². The van der Waals surface area contributed by atoms with E-state index in [1.165, 1.54) is 19.1 Å². The quantitative estimate of drug-likeness (QED) is 0.452. The second-order valence-corrected chi connectivity index (χ2v) is 7.13. The first-order valence-corrected chi connectivity index (χ1v) is 9.08. The SMILES string of the molecule is CC(=O)Nc1cc(-c2nc3ncc(Br)cc3[nH]2)cc(-c2ccc(F)cc2F)c1. The number of aromatic nitrogens is 3. The van der Waals surface area contributed by atoms with Gasteiger partial charge in [0.2, 0.25) is 5.91 Å². The largest absolute Gasteiger partial charge is 0.337 e. The van der Waals surface area contributed by atoms with Gasteiger partial charge in [0, 0.05) is 40.5 Å². The summed E-state index contributed by atoms with van der Waals surface area (Å²) in [5.74, 6) is -1.11. The van der Waals surface area contributed by atoms with E-state index in [2.05, 4.69) is 36.2 Å². The van der Waals surface area contributed by atoms with E-state index in [0.717, 1.165) is 16.1 Å². The van der Waals surface area contributed by atoms with Crippen LogP contribution < -0.4 is 5.32 Å². The average molecular weight is 443 g/mol. The van der Waals surface area contributed by atoms with Crippen LogP contribution in [0, 0.1) is 11.6 Å². The number of rotatable bonds is 3. The minimum Gasteiger partial charge on any atom is -0.337 e. The molecule has 1 amide bonds. The predicted molar refractivity (Wildman–Crippen MR) is 107 cm³/mol. The van der Waals surface area contributed by atoms with Gasteiger partial charge >= 0.3 is 0 Å². The maximum absolute atomic E-state index is 14.3. The van der Waals surface area contributed by atoms with Crippen LogP contribution in [0.25, 0.3) is 33.7 Å². The molecule has 0 fully saturated rings. The normalized spacial score (nSPS) is 11.0. The summed E-state index contributed by atoms with van der Waals surface area (Å²) in [6, 6.07) is 10.3. The van der Waals surface area contributed by atoms with Crippen LogP contribution in [0.1, 0.15) is 6.92 Å². The topological polar surface area (TPSA) is 70.7 Å². The molecule has 4 rings (SSSR count). The molecule has 0 unspecified atom stereocenters. The zero-order valence-corrected chi connectivity index (χ0v) is 16.1. The van der Waals surface area contributed by atoms with Crippen molar-refractivity contribution in [3.8, 4) is 22.5 Å². The second-order valence-electron chi connectivity index (χ2n) is 6.21. The number of carbonyl (C=O) groups excluding carboxylic acids is 1. The van der Waals surface area contributed by atoms with Crippen LogP contribution >= 0.6 is 15.9 Å². The molecule has 0 aliphatic carbocycles. The highest BCUT2D eigenvalue weighted by Gasteiger charge is 2.13. The number of nitrogens with zero attached hydrogens (tertiary/aromatic N) is 2. The summed E-state index contributed by atoms with van der Waals surface area (Å²) in [4.78, 5) is 23.4. The Hall–Kier alpha value is -3.13. The van der Waals surface area contributed by atoms with Crippen molar-refractivity contribution in [2.75, 3.05) is 5.32 Å². The number of imidazole rings is 1. The zero-order chi connectivity index (χ0) is 19.8. The highest BCUT2D eigenvalue weighted by molar-refractivity contribution is 9.10. The Kier molecular flexibility index (Phi) is 4.64. The number of benzene rings is 2. The van der Waals surface area contributed by atoms with E-state index < -0.39 is 11.6 Å². The molecule has 2 N–H and O–H groups in total. The summed E-state index contributed by atoms with van der Waals surface area (Å²) in [6.07, 6.45) is 1.64.